The minimum absolute atomic E-state index is 0.0771. The van der Waals surface area contributed by atoms with Crippen molar-refractivity contribution in [1.29, 1.82) is 0 Å². The highest BCUT2D eigenvalue weighted by Gasteiger charge is 2.10. The molecule has 25 heavy (non-hydrogen) atoms. The number of carbonyl (C=O) groups is 1. The molecule has 0 bridgehead atoms. The Morgan fingerprint density at radius 3 is 2.68 bits per heavy atom. The third kappa shape index (κ3) is 3.30. The van der Waals surface area contributed by atoms with Crippen LogP contribution in [-0.4, -0.2) is 10.9 Å². The lowest BCUT2D eigenvalue weighted by atomic mass is 10.1. The molecule has 2 aromatic carbocycles. The number of amides is 1. The number of aromatic nitrogens is 1. The molecule has 0 unspecified atom stereocenters. The highest BCUT2D eigenvalue weighted by atomic mass is 32.1. The van der Waals surface area contributed by atoms with Gasteiger partial charge in [0.2, 0.25) is 0 Å². The van der Waals surface area contributed by atoms with Crippen LogP contribution in [0.25, 0.3) is 21.3 Å². The fourth-order valence-electron chi connectivity index (χ4n) is 2.82. The fraction of sp³-hybridized carbons (Fsp3) is 0.0476. The number of rotatable bonds is 4. The average Bonchev–Trinajstić information content (AvgIpc) is 3.20. The third-order valence-corrected chi connectivity index (χ3v) is 4.97. The smallest absolute Gasteiger partial charge is 0.251 e. The summed E-state index contributed by atoms with van der Waals surface area (Å²) in [5.74, 6) is -0.0771. The first-order chi connectivity index (χ1) is 12.3. The van der Waals surface area contributed by atoms with E-state index in [1.165, 1.54) is 0 Å². The Hall–Kier alpha value is -2.98. The summed E-state index contributed by atoms with van der Waals surface area (Å²) in [4.78, 5) is 18.1. The van der Waals surface area contributed by atoms with Crippen molar-refractivity contribution in [3.8, 4) is 10.6 Å². The van der Waals surface area contributed by atoms with Crippen LogP contribution in [0, 0.1) is 0 Å². The lowest BCUT2D eigenvalue weighted by Crippen LogP contribution is -2.23. The Morgan fingerprint density at radius 1 is 0.960 bits per heavy atom. The molecule has 0 saturated carbocycles. The second-order valence-corrected chi connectivity index (χ2v) is 6.68. The lowest BCUT2D eigenvalue weighted by Gasteiger charge is -2.09. The largest absolute Gasteiger partial charge is 0.348 e. The first kappa shape index (κ1) is 15.5. The van der Waals surface area contributed by atoms with Gasteiger partial charge in [-0.25, -0.2) is 0 Å². The first-order valence-electron chi connectivity index (χ1n) is 8.06. The van der Waals surface area contributed by atoms with Gasteiger partial charge in [0.15, 0.2) is 0 Å². The Labute approximate surface area is 150 Å². The molecular formula is C21H16N2OS. The molecule has 4 aromatic rings. The number of pyridine rings is 1. The Bertz CT molecular complexity index is 1020. The molecule has 1 N–H and O–H groups in total. The topological polar surface area (TPSA) is 42.0 Å². The molecule has 0 radical (unpaired) electrons. The van der Waals surface area contributed by atoms with Gasteiger partial charge >= 0.3 is 0 Å². The number of nitrogens with one attached hydrogen (secondary N) is 1. The predicted octanol–water partition coefficient (Wildman–Crippen LogP) is 4.89. The van der Waals surface area contributed by atoms with E-state index in [-0.39, 0.29) is 5.91 Å². The number of hydrogen-bond donors (Lipinski definition) is 1. The van der Waals surface area contributed by atoms with Crippen LogP contribution in [-0.2, 0) is 6.54 Å². The summed E-state index contributed by atoms with van der Waals surface area (Å²) in [6, 6.07) is 21.7. The maximum atomic E-state index is 12.5. The Morgan fingerprint density at radius 2 is 1.84 bits per heavy atom. The van der Waals surface area contributed by atoms with Crippen molar-refractivity contribution >= 4 is 28.0 Å². The van der Waals surface area contributed by atoms with E-state index in [0.29, 0.717) is 12.1 Å². The molecule has 4 rings (SSSR count). The molecule has 0 saturated heterocycles. The summed E-state index contributed by atoms with van der Waals surface area (Å²) >= 11 is 1.65. The summed E-state index contributed by atoms with van der Waals surface area (Å²) in [5, 5.41) is 7.23. The second-order valence-electron chi connectivity index (χ2n) is 5.73. The van der Waals surface area contributed by atoms with Crippen LogP contribution in [0.2, 0.25) is 0 Å². The van der Waals surface area contributed by atoms with E-state index in [0.717, 1.165) is 26.9 Å². The van der Waals surface area contributed by atoms with Crippen LogP contribution in [0.15, 0.2) is 78.3 Å². The monoisotopic (exact) mass is 344 g/mol. The van der Waals surface area contributed by atoms with Gasteiger partial charge in [-0.05, 0) is 46.0 Å². The highest BCUT2D eigenvalue weighted by Crippen LogP contribution is 2.25. The number of thiophene rings is 1. The number of hydrogen-bond acceptors (Lipinski definition) is 3. The van der Waals surface area contributed by atoms with Gasteiger partial charge in [0.05, 0.1) is 10.6 Å². The highest BCUT2D eigenvalue weighted by molar-refractivity contribution is 7.13. The molecule has 2 heterocycles. The van der Waals surface area contributed by atoms with Crippen LogP contribution >= 0.6 is 11.3 Å². The van der Waals surface area contributed by atoms with Crippen molar-refractivity contribution in [3.63, 3.8) is 0 Å². The van der Waals surface area contributed by atoms with Crippen molar-refractivity contribution in [3.05, 3.63) is 89.4 Å². The molecule has 0 aliphatic rings. The van der Waals surface area contributed by atoms with Crippen LogP contribution < -0.4 is 5.32 Å². The van der Waals surface area contributed by atoms with Crippen LogP contribution in [0.1, 0.15) is 15.9 Å². The summed E-state index contributed by atoms with van der Waals surface area (Å²) in [5.41, 5.74) is 2.61. The van der Waals surface area contributed by atoms with Crippen molar-refractivity contribution in [2.24, 2.45) is 0 Å². The molecule has 1 amide bonds. The second kappa shape index (κ2) is 6.87. The molecule has 0 aliphatic heterocycles. The van der Waals surface area contributed by atoms with Gasteiger partial charge in [-0.2, -0.15) is 0 Å². The molecule has 122 valence electrons. The van der Waals surface area contributed by atoms with Gasteiger partial charge < -0.3 is 5.32 Å². The van der Waals surface area contributed by atoms with Crippen molar-refractivity contribution in [2.45, 2.75) is 6.54 Å². The standard InChI is InChI=1S/C21H16N2OS/c24-21(17-10-9-15-5-1-2-6-16(15)13-17)23-14-18-7-3-11-22-20(18)19-8-4-12-25-19/h1-13H,14H2,(H,23,24). The van der Waals surface area contributed by atoms with Gasteiger partial charge in [-0.1, -0.05) is 42.5 Å². The summed E-state index contributed by atoms with van der Waals surface area (Å²) in [6.07, 6.45) is 1.78. The quantitative estimate of drug-likeness (QED) is 0.572. The van der Waals surface area contributed by atoms with Gasteiger partial charge in [0, 0.05) is 18.3 Å². The van der Waals surface area contributed by atoms with Crippen molar-refractivity contribution < 1.29 is 4.79 Å². The van der Waals surface area contributed by atoms with Gasteiger partial charge in [-0.3, -0.25) is 9.78 Å². The minimum atomic E-state index is -0.0771. The molecule has 0 atom stereocenters. The minimum Gasteiger partial charge on any atom is -0.348 e. The Kier molecular flexibility index (Phi) is 4.27. The number of carbonyl (C=O) groups excluding carboxylic acids is 1. The zero-order valence-corrected chi connectivity index (χ0v) is 14.3. The zero-order chi connectivity index (χ0) is 17.1. The van der Waals surface area contributed by atoms with E-state index in [9.17, 15) is 4.79 Å². The number of nitrogens with zero attached hydrogens (tertiary/aromatic N) is 1. The van der Waals surface area contributed by atoms with Crippen molar-refractivity contribution in [2.75, 3.05) is 0 Å². The molecule has 0 aliphatic carbocycles. The first-order valence-corrected chi connectivity index (χ1v) is 8.94. The number of benzene rings is 2. The lowest BCUT2D eigenvalue weighted by molar-refractivity contribution is 0.0951. The molecule has 0 fully saturated rings. The zero-order valence-electron chi connectivity index (χ0n) is 13.5. The van der Waals surface area contributed by atoms with E-state index in [1.807, 2.05) is 72.1 Å². The molecule has 4 heteroatoms. The fourth-order valence-corrected chi connectivity index (χ4v) is 3.58. The van der Waals surface area contributed by atoms with E-state index < -0.39 is 0 Å². The van der Waals surface area contributed by atoms with E-state index >= 15 is 0 Å². The molecule has 3 nitrogen and oxygen atoms in total. The van der Waals surface area contributed by atoms with Crippen LogP contribution in [0.4, 0.5) is 0 Å². The average molecular weight is 344 g/mol. The van der Waals surface area contributed by atoms with E-state index in [2.05, 4.69) is 10.3 Å². The normalized spacial score (nSPS) is 10.7. The maximum absolute atomic E-state index is 12.5. The Balaban J connectivity index is 1.54. The van der Waals surface area contributed by atoms with Gasteiger partial charge in [0.25, 0.3) is 5.91 Å². The number of fused-ring (bicyclic) bond motifs is 1. The summed E-state index contributed by atoms with van der Waals surface area (Å²) < 4.78 is 0. The van der Waals surface area contributed by atoms with Crippen LogP contribution in [0.3, 0.4) is 0 Å². The van der Waals surface area contributed by atoms with E-state index in [1.54, 1.807) is 17.5 Å². The predicted molar refractivity (Wildman–Crippen MR) is 103 cm³/mol. The molecular weight excluding hydrogens is 328 g/mol. The molecule has 2 aromatic heterocycles. The third-order valence-electron chi connectivity index (χ3n) is 4.10. The summed E-state index contributed by atoms with van der Waals surface area (Å²) in [7, 11) is 0. The van der Waals surface area contributed by atoms with Crippen molar-refractivity contribution in [1.82, 2.24) is 10.3 Å². The van der Waals surface area contributed by atoms with E-state index in [4.69, 9.17) is 0 Å². The van der Waals surface area contributed by atoms with Gasteiger partial charge in [-0.15, -0.1) is 11.3 Å². The summed E-state index contributed by atoms with van der Waals surface area (Å²) in [6.45, 7) is 0.451. The SMILES string of the molecule is O=C(NCc1cccnc1-c1cccs1)c1ccc2ccccc2c1. The molecule has 0 spiro atoms. The van der Waals surface area contributed by atoms with Crippen LogP contribution in [0.5, 0.6) is 0 Å². The maximum Gasteiger partial charge on any atom is 0.251 e. The van der Waals surface area contributed by atoms with Gasteiger partial charge in [0.1, 0.15) is 0 Å².